The molecule has 0 spiro atoms. The van der Waals surface area contributed by atoms with E-state index in [0.29, 0.717) is 12.8 Å². The van der Waals surface area contributed by atoms with Crippen LogP contribution in [0.25, 0.3) is 11.3 Å². The van der Waals surface area contributed by atoms with E-state index in [9.17, 15) is 0 Å². The molecule has 0 amide bonds. The van der Waals surface area contributed by atoms with Crippen molar-refractivity contribution in [2.24, 2.45) is 0 Å². The summed E-state index contributed by atoms with van der Waals surface area (Å²) >= 11 is 0. The van der Waals surface area contributed by atoms with E-state index in [4.69, 9.17) is 5.26 Å². The smallest absolute Gasteiger partial charge is 0.130 e. The second-order valence-electron chi connectivity index (χ2n) is 4.77. The molecule has 3 heteroatoms. The fraction of sp³-hybridized carbons (Fsp3) is 0.312. The number of hydrogen-bond acceptors (Lipinski definition) is 3. The van der Waals surface area contributed by atoms with Gasteiger partial charge in [-0.3, -0.25) is 0 Å². The molecule has 0 bridgehead atoms. The van der Waals surface area contributed by atoms with Gasteiger partial charge in [-0.2, -0.15) is 5.26 Å². The maximum Gasteiger partial charge on any atom is 0.130 e. The molecule has 0 N–H and O–H groups in total. The van der Waals surface area contributed by atoms with Crippen molar-refractivity contribution in [3.63, 3.8) is 0 Å². The molecular formula is C16H17N3. The van der Waals surface area contributed by atoms with Gasteiger partial charge in [0.05, 0.1) is 11.8 Å². The highest BCUT2D eigenvalue weighted by atomic mass is 14.9. The lowest BCUT2D eigenvalue weighted by Gasteiger charge is -2.07. The molecule has 0 aliphatic rings. The lowest BCUT2D eigenvalue weighted by Crippen LogP contribution is -1.99. The van der Waals surface area contributed by atoms with E-state index in [-0.39, 0.29) is 0 Å². The first-order valence-electron chi connectivity index (χ1n) is 6.39. The van der Waals surface area contributed by atoms with Crippen molar-refractivity contribution in [1.29, 1.82) is 5.26 Å². The number of rotatable bonds is 3. The molecular weight excluding hydrogens is 234 g/mol. The maximum absolute atomic E-state index is 8.64. The van der Waals surface area contributed by atoms with E-state index in [1.54, 1.807) is 0 Å². The minimum Gasteiger partial charge on any atom is -0.238 e. The van der Waals surface area contributed by atoms with Gasteiger partial charge < -0.3 is 0 Å². The largest absolute Gasteiger partial charge is 0.238 e. The van der Waals surface area contributed by atoms with E-state index >= 15 is 0 Å². The number of aryl methyl sites for hydroxylation is 4. The van der Waals surface area contributed by atoms with Gasteiger partial charge in [0.15, 0.2) is 0 Å². The molecule has 2 rings (SSSR count). The first-order valence-corrected chi connectivity index (χ1v) is 6.39. The SMILES string of the molecule is Cc1cc(-c2ccc(C)c(C)c2)nc(CCC#N)n1. The van der Waals surface area contributed by atoms with Crippen LogP contribution >= 0.6 is 0 Å². The Hall–Kier alpha value is -2.21. The van der Waals surface area contributed by atoms with Crippen LogP contribution in [0.4, 0.5) is 0 Å². The Morgan fingerprint density at radius 1 is 1.05 bits per heavy atom. The number of nitrogens with zero attached hydrogens (tertiary/aromatic N) is 3. The highest BCUT2D eigenvalue weighted by Crippen LogP contribution is 2.21. The van der Waals surface area contributed by atoms with Crippen LogP contribution in [-0.4, -0.2) is 9.97 Å². The van der Waals surface area contributed by atoms with Crippen molar-refractivity contribution in [3.8, 4) is 17.3 Å². The van der Waals surface area contributed by atoms with Gasteiger partial charge in [-0.15, -0.1) is 0 Å². The molecule has 1 aromatic heterocycles. The lowest BCUT2D eigenvalue weighted by molar-refractivity contribution is 0.873. The fourth-order valence-corrected chi connectivity index (χ4v) is 1.96. The van der Waals surface area contributed by atoms with Gasteiger partial charge in [-0.25, -0.2) is 9.97 Å². The van der Waals surface area contributed by atoms with E-state index in [2.05, 4.69) is 48.1 Å². The van der Waals surface area contributed by atoms with Crippen LogP contribution in [0.2, 0.25) is 0 Å². The number of benzene rings is 1. The van der Waals surface area contributed by atoms with Gasteiger partial charge in [0.2, 0.25) is 0 Å². The van der Waals surface area contributed by atoms with Crippen molar-refractivity contribution in [1.82, 2.24) is 9.97 Å². The lowest BCUT2D eigenvalue weighted by atomic mass is 10.0. The third-order valence-electron chi connectivity index (χ3n) is 3.16. The van der Waals surface area contributed by atoms with Crippen molar-refractivity contribution in [3.05, 3.63) is 46.9 Å². The molecule has 2 aromatic rings. The maximum atomic E-state index is 8.64. The first kappa shape index (κ1) is 13.2. The molecule has 19 heavy (non-hydrogen) atoms. The van der Waals surface area contributed by atoms with Crippen LogP contribution in [0.15, 0.2) is 24.3 Å². The minimum absolute atomic E-state index is 0.454. The van der Waals surface area contributed by atoms with Gasteiger partial charge >= 0.3 is 0 Å². The summed E-state index contributed by atoms with van der Waals surface area (Å²) in [6, 6.07) is 10.5. The summed E-state index contributed by atoms with van der Waals surface area (Å²) in [7, 11) is 0. The zero-order valence-electron chi connectivity index (χ0n) is 11.6. The monoisotopic (exact) mass is 251 g/mol. The molecule has 0 unspecified atom stereocenters. The zero-order chi connectivity index (χ0) is 13.8. The average Bonchev–Trinajstić information content (AvgIpc) is 2.39. The summed E-state index contributed by atoms with van der Waals surface area (Å²) in [6.45, 7) is 6.16. The molecule has 96 valence electrons. The second kappa shape index (κ2) is 5.62. The molecule has 0 saturated carbocycles. The third-order valence-corrected chi connectivity index (χ3v) is 3.16. The molecule has 0 atom stereocenters. The predicted molar refractivity (Wildman–Crippen MR) is 75.6 cm³/mol. The Kier molecular flexibility index (Phi) is 3.91. The Morgan fingerprint density at radius 3 is 2.53 bits per heavy atom. The van der Waals surface area contributed by atoms with Gasteiger partial charge in [0, 0.05) is 24.1 Å². The second-order valence-corrected chi connectivity index (χ2v) is 4.77. The third kappa shape index (κ3) is 3.17. The van der Waals surface area contributed by atoms with E-state index in [1.807, 2.05) is 13.0 Å². The van der Waals surface area contributed by atoms with Crippen LogP contribution in [0.3, 0.4) is 0 Å². The molecule has 0 radical (unpaired) electrons. The molecule has 0 fully saturated rings. The standard InChI is InChI=1S/C16H17N3/c1-11-6-7-14(9-12(11)2)15-10-13(3)18-16(19-15)5-4-8-17/h6-7,9-10H,4-5H2,1-3H3. The predicted octanol–water partition coefficient (Wildman–Crippen LogP) is 3.53. The summed E-state index contributed by atoms with van der Waals surface area (Å²) in [5.74, 6) is 0.745. The topological polar surface area (TPSA) is 49.6 Å². The first-order chi connectivity index (χ1) is 9.10. The summed E-state index contributed by atoms with van der Waals surface area (Å²) < 4.78 is 0. The quantitative estimate of drug-likeness (QED) is 0.838. The minimum atomic E-state index is 0.454. The summed E-state index contributed by atoms with van der Waals surface area (Å²) in [5, 5.41) is 8.64. The van der Waals surface area contributed by atoms with Crippen LogP contribution in [-0.2, 0) is 6.42 Å². The summed E-state index contributed by atoms with van der Waals surface area (Å²) in [4.78, 5) is 8.92. The van der Waals surface area contributed by atoms with Gasteiger partial charge in [0.25, 0.3) is 0 Å². The van der Waals surface area contributed by atoms with E-state index in [0.717, 1.165) is 22.8 Å². The van der Waals surface area contributed by atoms with Crippen LogP contribution in [0.1, 0.15) is 29.1 Å². The number of hydrogen-bond donors (Lipinski definition) is 0. The molecule has 1 heterocycles. The summed E-state index contributed by atoms with van der Waals surface area (Å²) in [5.41, 5.74) is 5.51. The molecule has 0 aliphatic heterocycles. The Labute approximate surface area is 114 Å². The highest BCUT2D eigenvalue weighted by molar-refractivity contribution is 5.61. The molecule has 3 nitrogen and oxygen atoms in total. The van der Waals surface area contributed by atoms with Crippen molar-refractivity contribution in [2.45, 2.75) is 33.6 Å². The highest BCUT2D eigenvalue weighted by Gasteiger charge is 2.05. The zero-order valence-corrected chi connectivity index (χ0v) is 11.6. The van der Waals surface area contributed by atoms with Gasteiger partial charge in [-0.1, -0.05) is 12.1 Å². The Bertz CT molecular complexity index is 639. The Morgan fingerprint density at radius 2 is 1.84 bits per heavy atom. The van der Waals surface area contributed by atoms with E-state index < -0.39 is 0 Å². The number of nitriles is 1. The van der Waals surface area contributed by atoms with Crippen molar-refractivity contribution >= 4 is 0 Å². The molecule has 0 aliphatic carbocycles. The van der Waals surface area contributed by atoms with E-state index in [1.165, 1.54) is 11.1 Å². The van der Waals surface area contributed by atoms with Crippen molar-refractivity contribution < 1.29 is 0 Å². The summed E-state index contributed by atoms with van der Waals surface area (Å²) in [6.07, 6.45) is 1.06. The normalized spacial score (nSPS) is 10.2. The fourth-order valence-electron chi connectivity index (χ4n) is 1.96. The van der Waals surface area contributed by atoms with Crippen molar-refractivity contribution in [2.75, 3.05) is 0 Å². The van der Waals surface area contributed by atoms with Gasteiger partial charge in [0.1, 0.15) is 5.82 Å². The van der Waals surface area contributed by atoms with Crippen LogP contribution < -0.4 is 0 Å². The van der Waals surface area contributed by atoms with Crippen LogP contribution in [0.5, 0.6) is 0 Å². The Balaban J connectivity index is 2.41. The molecule has 0 saturated heterocycles. The van der Waals surface area contributed by atoms with Crippen LogP contribution in [0, 0.1) is 32.1 Å². The number of aromatic nitrogens is 2. The van der Waals surface area contributed by atoms with Gasteiger partial charge in [-0.05, 0) is 44.0 Å². The average molecular weight is 251 g/mol. The molecule has 1 aromatic carbocycles.